The van der Waals surface area contributed by atoms with Gasteiger partial charge in [0.25, 0.3) is 0 Å². The van der Waals surface area contributed by atoms with E-state index in [2.05, 4.69) is 4.98 Å². The molecule has 0 atom stereocenters. The molecule has 12 heavy (non-hydrogen) atoms. The largest absolute Gasteiger partial charge is 0.228 e. The third-order valence-corrected chi connectivity index (χ3v) is 1.91. The first-order chi connectivity index (χ1) is 5.61. The molecule has 0 aliphatic carbocycles. The molecule has 1 rings (SSSR count). The second kappa shape index (κ2) is 3.85. The highest BCUT2D eigenvalue weighted by Crippen LogP contribution is 2.20. The van der Waals surface area contributed by atoms with Gasteiger partial charge in [-0.2, -0.15) is 4.39 Å². The zero-order chi connectivity index (χ0) is 9.14. The second-order valence-corrected chi connectivity index (χ2v) is 3.57. The van der Waals surface area contributed by atoms with Crippen molar-refractivity contribution in [3.05, 3.63) is 28.8 Å². The summed E-state index contributed by atoms with van der Waals surface area (Å²) in [4.78, 5) is 3.54. The molecular formula is C9H11ClFN. The van der Waals surface area contributed by atoms with Gasteiger partial charge in [-0.3, -0.25) is 0 Å². The van der Waals surface area contributed by atoms with Gasteiger partial charge in [-0.25, -0.2) is 4.98 Å². The predicted octanol–water partition coefficient (Wildman–Crippen LogP) is 3.07. The first kappa shape index (κ1) is 9.46. The van der Waals surface area contributed by atoms with Gasteiger partial charge < -0.3 is 0 Å². The maximum Gasteiger partial charge on any atom is 0.217 e. The summed E-state index contributed by atoms with van der Waals surface area (Å²) in [5.41, 5.74) is 0.522. The van der Waals surface area contributed by atoms with Gasteiger partial charge >= 0.3 is 0 Å². The van der Waals surface area contributed by atoms with Gasteiger partial charge in [-0.1, -0.05) is 25.4 Å². The van der Waals surface area contributed by atoms with Crippen LogP contribution in [0, 0.1) is 11.9 Å². The van der Waals surface area contributed by atoms with Crippen LogP contribution in [0.2, 0.25) is 5.02 Å². The number of hydrogen-bond donors (Lipinski definition) is 0. The van der Waals surface area contributed by atoms with Gasteiger partial charge in [0, 0.05) is 16.8 Å². The van der Waals surface area contributed by atoms with Crippen LogP contribution in [0.15, 0.2) is 12.3 Å². The van der Waals surface area contributed by atoms with Crippen molar-refractivity contribution in [1.82, 2.24) is 4.98 Å². The molecule has 0 unspecified atom stereocenters. The van der Waals surface area contributed by atoms with E-state index in [1.54, 1.807) is 6.07 Å². The number of pyridine rings is 1. The number of halogens is 2. The average molecular weight is 188 g/mol. The molecule has 66 valence electrons. The van der Waals surface area contributed by atoms with Gasteiger partial charge in [0.1, 0.15) is 0 Å². The summed E-state index contributed by atoms with van der Waals surface area (Å²) in [5.74, 6) is -0.0580. The van der Waals surface area contributed by atoms with E-state index in [1.807, 2.05) is 13.8 Å². The first-order valence-corrected chi connectivity index (χ1v) is 4.28. The quantitative estimate of drug-likeness (QED) is 0.649. The van der Waals surface area contributed by atoms with Crippen LogP contribution in [0.3, 0.4) is 0 Å². The van der Waals surface area contributed by atoms with E-state index in [-0.39, 0.29) is 0 Å². The molecule has 3 heteroatoms. The summed E-state index contributed by atoms with van der Waals surface area (Å²) in [7, 11) is 0. The summed E-state index contributed by atoms with van der Waals surface area (Å²) in [6, 6.07) is 1.61. The molecule has 0 aromatic carbocycles. The first-order valence-electron chi connectivity index (χ1n) is 3.90. The standard InChI is InChI=1S/C9H11ClFN/c1-6(2)5-7-8(10)3-4-12-9(7)11/h3-4,6H,5H2,1-2H3. The van der Waals surface area contributed by atoms with Crippen molar-refractivity contribution in [1.29, 1.82) is 0 Å². The van der Waals surface area contributed by atoms with Gasteiger partial charge in [-0.15, -0.1) is 0 Å². The minimum absolute atomic E-state index is 0.390. The lowest BCUT2D eigenvalue weighted by atomic mass is 10.0. The summed E-state index contributed by atoms with van der Waals surface area (Å²) in [6.07, 6.45) is 2.01. The van der Waals surface area contributed by atoms with E-state index in [4.69, 9.17) is 11.6 Å². The van der Waals surface area contributed by atoms with Crippen molar-refractivity contribution in [3.8, 4) is 0 Å². The normalized spacial score (nSPS) is 10.8. The molecule has 0 spiro atoms. The molecule has 0 N–H and O–H groups in total. The zero-order valence-electron chi connectivity index (χ0n) is 7.14. The van der Waals surface area contributed by atoms with Crippen molar-refractivity contribution < 1.29 is 4.39 Å². The summed E-state index contributed by atoms with van der Waals surface area (Å²) >= 11 is 5.79. The maximum absolute atomic E-state index is 13.0. The van der Waals surface area contributed by atoms with Crippen LogP contribution in [0.1, 0.15) is 19.4 Å². The van der Waals surface area contributed by atoms with Gasteiger partial charge in [-0.05, 0) is 18.4 Å². The van der Waals surface area contributed by atoms with E-state index in [1.165, 1.54) is 6.20 Å². The highest BCUT2D eigenvalue weighted by Gasteiger charge is 2.09. The van der Waals surface area contributed by atoms with Crippen LogP contribution in [0.5, 0.6) is 0 Å². The van der Waals surface area contributed by atoms with Crippen LogP contribution in [0.4, 0.5) is 4.39 Å². The Balaban J connectivity index is 2.96. The summed E-state index contributed by atoms with van der Waals surface area (Å²) < 4.78 is 13.0. The van der Waals surface area contributed by atoms with Crippen LogP contribution >= 0.6 is 11.6 Å². The molecule has 1 aromatic heterocycles. The minimum atomic E-state index is -0.448. The Bertz CT molecular complexity index is 253. The van der Waals surface area contributed by atoms with E-state index < -0.39 is 5.95 Å². The lowest BCUT2D eigenvalue weighted by molar-refractivity contribution is 0.542. The van der Waals surface area contributed by atoms with Gasteiger partial charge in [0.15, 0.2) is 0 Å². The fraction of sp³-hybridized carbons (Fsp3) is 0.444. The Morgan fingerprint density at radius 2 is 2.25 bits per heavy atom. The molecule has 0 aliphatic rings. The highest BCUT2D eigenvalue weighted by atomic mass is 35.5. The molecular weight excluding hydrogens is 177 g/mol. The van der Waals surface area contributed by atoms with Crippen LogP contribution < -0.4 is 0 Å². The topological polar surface area (TPSA) is 12.9 Å². The van der Waals surface area contributed by atoms with Crippen molar-refractivity contribution in [2.75, 3.05) is 0 Å². The molecule has 0 radical (unpaired) electrons. The monoisotopic (exact) mass is 187 g/mol. The molecule has 0 amide bonds. The van der Waals surface area contributed by atoms with Crippen molar-refractivity contribution >= 4 is 11.6 Å². The third-order valence-electron chi connectivity index (χ3n) is 1.56. The lowest BCUT2D eigenvalue weighted by Crippen LogP contribution is -2.00. The number of rotatable bonds is 2. The van der Waals surface area contributed by atoms with Crippen molar-refractivity contribution in [2.24, 2.45) is 5.92 Å². The van der Waals surface area contributed by atoms with Crippen LogP contribution in [0.25, 0.3) is 0 Å². The van der Waals surface area contributed by atoms with Crippen LogP contribution in [-0.4, -0.2) is 4.98 Å². The summed E-state index contributed by atoms with van der Waals surface area (Å²) in [5, 5.41) is 0.469. The summed E-state index contributed by atoms with van der Waals surface area (Å²) in [6.45, 7) is 4.03. The Hall–Kier alpha value is -0.630. The molecule has 0 bridgehead atoms. The number of hydrogen-bond acceptors (Lipinski definition) is 1. The minimum Gasteiger partial charge on any atom is -0.228 e. The average Bonchev–Trinajstić information content (AvgIpc) is 1.97. The fourth-order valence-electron chi connectivity index (χ4n) is 1.04. The third kappa shape index (κ3) is 2.18. The molecule has 0 aliphatic heterocycles. The smallest absolute Gasteiger partial charge is 0.217 e. The molecule has 0 fully saturated rings. The fourth-order valence-corrected chi connectivity index (χ4v) is 1.25. The maximum atomic E-state index is 13.0. The van der Waals surface area contributed by atoms with E-state index in [9.17, 15) is 4.39 Å². The molecule has 0 saturated heterocycles. The van der Waals surface area contributed by atoms with Crippen molar-refractivity contribution in [3.63, 3.8) is 0 Å². The van der Waals surface area contributed by atoms with E-state index in [0.717, 1.165) is 0 Å². The predicted molar refractivity (Wildman–Crippen MR) is 47.7 cm³/mol. The molecule has 1 aromatic rings. The van der Waals surface area contributed by atoms with Gasteiger partial charge in [0.05, 0.1) is 0 Å². The Labute approximate surface area is 76.6 Å². The van der Waals surface area contributed by atoms with Gasteiger partial charge in [0.2, 0.25) is 5.95 Å². The number of nitrogens with zero attached hydrogens (tertiary/aromatic N) is 1. The number of aromatic nitrogens is 1. The SMILES string of the molecule is CC(C)Cc1c(Cl)ccnc1F. The lowest BCUT2D eigenvalue weighted by Gasteiger charge is -2.06. The van der Waals surface area contributed by atoms with E-state index in [0.29, 0.717) is 22.9 Å². The van der Waals surface area contributed by atoms with E-state index >= 15 is 0 Å². The molecule has 1 nitrogen and oxygen atoms in total. The second-order valence-electron chi connectivity index (χ2n) is 3.16. The molecule has 0 saturated carbocycles. The Kier molecular flexibility index (Phi) is 3.04. The highest BCUT2D eigenvalue weighted by molar-refractivity contribution is 6.31. The van der Waals surface area contributed by atoms with Crippen LogP contribution in [-0.2, 0) is 6.42 Å². The zero-order valence-corrected chi connectivity index (χ0v) is 7.90. The van der Waals surface area contributed by atoms with Crippen molar-refractivity contribution in [2.45, 2.75) is 20.3 Å². The molecule has 1 heterocycles. The Morgan fingerprint density at radius 3 is 2.75 bits per heavy atom. The Morgan fingerprint density at radius 1 is 1.58 bits per heavy atom.